The predicted octanol–water partition coefficient (Wildman–Crippen LogP) is 2.59. The summed E-state index contributed by atoms with van der Waals surface area (Å²) in [4.78, 5) is 15.6. The number of amides is 1. The molecule has 15 heavy (non-hydrogen) atoms. The van der Waals surface area contributed by atoms with Crippen LogP contribution in [0.5, 0.6) is 0 Å². The third kappa shape index (κ3) is 3.20. The Hall–Kier alpha value is -1.10. The van der Waals surface area contributed by atoms with E-state index in [2.05, 4.69) is 10.3 Å². The maximum Gasteiger partial charge on any atom is 0.226 e. The second-order valence-corrected chi connectivity index (χ2v) is 4.75. The van der Waals surface area contributed by atoms with Crippen LogP contribution in [-0.2, 0) is 4.79 Å². The number of hydrogen-bond acceptors (Lipinski definition) is 4. The molecule has 1 rings (SSSR count). The van der Waals surface area contributed by atoms with Crippen LogP contribution in [0.3, 0.4) is 0 Å². The zero-order valence-electron chi connectivity index (χ0n) is 9.33. The molecule has 0 aliphatic carbocycles. The number of hydrogen-bond donors (Lipinski definition) is 2. The summed E-state index contributed by atoms with van der Waals surface area (Å²) in [5, 5.41) is 4.05. The van der Waals surface area contributed by atoms with Crippen LogP contribution in [0.2, 0.25) is 0 Å². The summed E-state index contributed by atoms with van der Waals surface area (Å²) in [6, 6.07) is 0. The van der Waals surface area contributed by atoms with Crippen LogP contribution in [0.4, 0.5) is 10.1 Å². The number of anilines is 2. The zero-order chi connectivity index (χ0) is 11.4. The van der Waals surface area contributed by atoms with Crippen molar-refractivity contribution in [3.8, 4) is 0 Å². The Kier molecular flexibility index (Phi) is 4.08. The first-order chi connectivity index (χ1) is 7.04. The van der Waals surface area contributed by atoms with Crippen LogP contribution in [-0.4, -0.2) is 10.9 Å². The molecular formula is C10H17N3OS. The van der Waals surface area contributed by atoms with Gasteiger partial charge in [0.25, 0.3) is 0 Å². The molecule has 0 atom stereocenters. The topological polar surface area (TPSA) is 68.0 Å². The van der Waals surface area contributed by atoms with Crippen molar-refractivity contribution in [3.63, 3.8) is 0 Å². The summed E-state index contributed by atoms with van der Waals surface area (Å²) < 4.78 is 0. The molecule has 1 amide bonds. The fourth-order valence-corrected chi connectivity index (χ4v) is 2.12. The first-order valence-electron chi connectivity index (χ1n) is 5.10. The minimum absolute atomic E-state index is 0.00144. The number of aromatic nitrogens is 1. The SMILES string of the molecule is CCCC(=O)Nc1nc(C(C)C)c(N)s1. The van der Waals surface area contributed by atoms with E-state index in [-0.39, 0.29) is 11.8 Å². The van der Waals surface area contributed by atoms with E-state index in [0.29, 0.717) is 16.6 Å². The monoisotopic (exact) mass is 227 g/mol. The molecule has 5 heteroatoms. The molecule has 0 saturated heterocycles. The molecule has 0 unspecified atom stereocenters. The highest BCUT2D eigenvalue weighted by molar-refractivity contribution is 7.19. The molecule has 0 aliphatic rings. The van der Waals surface area contributed by atoms with Gasteiger partial charge in [0.1, 0.15) is 5.00 Å². The Morgan fingerprint density at radius 1 is 1.60 bits per heavy atom. The van der Waals surface area contributed by atoms with Gasteiger partial charge in [0.05, 0.1) is 5.69 Å². The average molecular weight is 227 g/mol. The molecule has 0 fully saturated rings. The summed E-state index contributed by atoms with van der Waals surface area (Å²) in [6.45, 7) is 6.03. The third-order valence-corrected chi connectivity index (χ3v) is 2.77. The van der Waals surface area contributed by atoms with E-state index in [4.69, 9.17) is 5.73 Å². The van der Waals surface area contributed by atoms with Crippen molar-refractivity contribution in [1.82, 2.24) is 4.98 Å². The molecular weight excluding hydrogens is 210 g/mol. The number of thiazole rings is 1. The van der Waals surface area contributed by atoms with Crippen LogP contribution in [0, 0.1) is 0 Å². The van der Waals surface area contributed by atoms with E-state index < -0.39 is 0 Å². The fraction of sp³-hybridized carbons (Fsp3) is 0.600. The number of nitrogens with one attached hydrogen (secondary N) is 1. The van der Waals surface area contributed by atoms with Gasteiger partial charge >= 0.3 is 0 Å². The van der Waals surface area contributed by atoms with Crippen LogP contribution in [0.25, 0.3) is 0 Å². The smallest absolute Gasteiger partial charge is 0.226 e. The number of carbonyl (C=O) groups excluding carboxylic acids is 1. The van der Waals surface area contributed by atoms with Gasteiger partial charge in [-0.3, -0.25) is 4.79 Å². The summed E-state index contributed by atoms with van der Waals surface area (Å²) >= 11 is 1.33. The van der Waals surface area contributed by atoms with Crippen LogP contribution in [0.1, 0.15) is 45.2 Å². The van der Waals surface area contributed by atoms with Gasteiger partial charge < -0.3 is 11.1 Å². The highest BCUT2D eigenvalue weighted by Crippen LogP contribution is 2.30. The van der Waals surface area contributed by atoms with Crippen molar-refractivity contribution in [3.05, 3.63) is 5.69 Å². The first-order valence-corrected chi connectivity index (χ1v) is 5.92. The van der Waals surface area contributed by atoms with Gasteiger partial charge in [0.2, 0.25) is 5.91 Å². The van der Waals surface area contributed by atoms with Crippen molar-refractivity contribution in [2.24, 2.45) is 0 Å². The molecule has 0 aromatic carbocycles. The molecule has 84 valence electrons. The van der Waals surface area contributed by atoms with Gasteiger partial charge in [0.15, 0.2) is 5.13 Å². The molecule has 0 bridgehead atoms. The second-order valence-electron chi connectivity index (χ2n) is 3.72. The highest BCUT2D eigenvalue weighted by Gasteiger charge is 2.12. The lowest BCUT2D eigenvalue weighted by Gasteiger charge is -2.00. The summed E-state index contributed by atoms with van der Waals surface area (Å²) in [7, 11) is 0. The maximum absolute atomic E-state index is 11.3. The maximum atomic E-state index is 11.3. The van der Waals surface area contributed by atoms with E-state index in [9.17, 15) is 4.79 Å². The van der Waals surface area contributed by atoms with Crippen molar-refractivity contribution in [2.75, 3.05) is 11.1 Å². The van der Waals surface area contributed by atoms with Gasteiger partial charge in [0, 0.05) is 6.42 Å². The summed E-state index contributed by atoms with van der Waals surface area (Å²) in [5.74, 6) is 0.291. The number of carbonyl (C=O) groups is 1. The lowest BCUT2D eigenvalue weighted by atomic mass is 10.1. The van der Waals surface area contributed by atoms with Crippen molar-refractivity contribution in [2.45, 2.75) is 39.5 Å². The van der Waals surface area contributed by atoms with Gasteiger partial charge in [-0.05, 0) is 12.3 Å². The van der Waals surface area contributed by atoms with Gasteiger partial charge in [-0.25, -0.2) is 4.98 Å². The Labute approximate surface area is 93.9 Å². The Bertz CT molecular complexity index is 346. The van der Waals surface area contributed by atoms with Crippen molar-refractivity contribution >= 4 is 27.4 Å². The quantitative estimate of drug-likeness (QED) is 0.830. The van der Waals surface area contributed by atoms with Gasteiger partial charge in [-0.1, -0.05) is 32.1 Å². The van der Waals surface area contributed by atoms with Crippen LogP contribution >= 0.6 is 11.3 Å². The van der Waals surface area contributed by atoms with Gasteiger partial charge in [-0.2, -0.15) is 0 Å². The molecule has 1 aromatic rings. The molecule has 3 N–H and O–H groups in total. The summed E-state index contributed by atoms with van der Waals surface area (Å²) in [5.41, 5.74) is 6.66. The zero-order valence-corrected chi connectivity index (χ0v) is 10.1. The fourth-order valence-electron chi connectivity index (χ4n) is 1.22. The Morgan fingerprint density at radius 3 is 2.73 bits per heavy atom. The largest absolute Gasteiger partial charge is 0.389 e. The van der Waals surface area contributed by atoms with Gasteiger partial charge in [-0.15, -0.1) is 0 Å². The second kappa shape index (κ2) is 5.11. The first kappa shape index (κ1) is 12.0. The Balaban J connectivity index is 2.71. The number of nitrogens with two attached hydrogens (primary N) is 1. The van der Waals surface area contributed by atoms with Crippen LogP contribution < -0.4 is 11.1 Å². The number of rotatable bonds is 4. The number of nitrogen functional groups attached to an aromatic ring is 1. The van der Waals surface area contributed by atoms with E-state index in [1.165, 1.54) is 11.3 Å². The van der Waals surface area contributed by atoms with E-state index in [1.807, 2.05) is 20.8 Å². The third-order valence-electron chi connectivity index (χ3n) is 1.95. The van der Waals surface area contributed by atoms with E-state index in [0.717, 1.165) is 12.1 Å². The lowest BCUT2D eigenvalue weighted by Crippen LogP contribution is -2.10. The Morgan fingerprint density at radius 2 is 2.27 bits per heavy atom. The number of nitrogens with zero attached hydrogens (tertiary/aromatic N) is 1. The predicted molar refractivity (Wildman–Crippen MR) is 64.2 cm³/mol. The normalized spacial score (nSPS) is 10.7. The minimum atomic E-state index is 0.00144. The van der Waals surface area contributed by atoms with E-state index in [1.54, 1.807) is 0 Å². The van der Waals surface area contributed by atoms with Crippen LogP contribution in [0.15, 0.2) is 0 Å². The highest BCUT2D eigenvalue weighted by atomic mass is 32.1. The molecule has 0 saturated carbocycles. The molecule has 1 aromatic heterocycles. The molecule has 4 nitrogen and oxygen atoms in total. The summed E-state index contributed by atoms with van der Waals surface area (Å²) in [6.07, 6.45) is 1.36. The van der Waals surface area contributed by atoms with Crippen molar-refractivity contribution < 1.29 is 4.79 Å². The average Bonchev–Trinajstić information content (AvgIpc) is 2.47. The molecule has 0 spiro atoms. The standard InChI is InChI=1S/C10H17N3OS/c1-4-5-7(14)12-10-13-8(6(2)3)9(11)15-10/h6H,4-5,11H2,1-3H3,(H,12,13,14). The van der Waals surface area contributed by atoms with Crippen molar-refractivity contribution in [1.29, 1.82) is 0 Å². The lowest BCUT2D eigenvalue weighted by molar-refractivity contribution is -0.116. The minimum Gasteiger partial charge on any atom is -0.389 e. The molecule has 0 radical (unpaired) electrons. The molecule has 0 aliphatic heterocycles. The molecule has 1 heterocycles. The van der Waals surface area contributed by atoms with E-state index >= 15 is 0 Å².